The number of pyridine rings is 1. The maximum Gasteiger partial charge on any atom is 0.303 e. The topological polar surface area (TPSA) is 89.0 Å². The lowest BCUT2D eigenvalue weighted by molar-refractivity contribution is -0.114. The van der Waals surface area contributed by atoms with Gasteiger partial charge < -0.3 is 15.4 Å². The Kier molecular flexibility index (Phi) is 5.68. The van der Waals surface area contributed by atoms with Crippen LogP contribution in [0.5, 0.6) is 5.75 Å². The van der Waals surface area contributed by atoms with E-state index in [-0.39, 0.29) is 22.7 Å². The molecule has 1 amide bonds. The minimum absolute atomic E-state index is 0.0532. The molecule has 0 radical (unpaired) electrons. The van der Waals surface area contributed by atoms with E-state index in [4.69, 9.17) is 16.3 Å². The molecule has 0 atom stereocenters. The van der Waals surface area contributed by atoms with Crippen molar-refractivity contribution in [1.29, 1.82) is 0 Å². The number of rotatable bonds is 6. The predicted octanol–water partition coefficient (Wildman–Crippen LogP) is 3.74. The summed E-state index contributed by atoms with van der Waals surface area (Å²) in [6.07, 6.45) is 1.40. The van der Waals surface area contributed by atoms with Crippen LogP contribution in [0.2, 0.25) is 5.15 Å². The highest BCUT2D eigenvalue weighted by atomic mass is 35.5. The number of anilines is 3. The van der Waals surface area contributed by atoms with Gasteiger partial charge in [0.1, 0.15) is 16.8 Å². The summed E-state index contributed by atoms with van der Waals surface area (Å²) in [6, 6.07) is 2.79. The molecule has 0 unspecified atom stereocenters. The van der Waals surface area contributed by atoms with Crippen molar-refractivity contribution in [1.82, 2.24) is 15.0 Å². The van der Waals surface area contributed by atoms with Gasteiger partial charge >= 0.3 is 5.92 Å². The lowest BCUT2D eigenvalue weighted by Crippen LogP contribution is -2.14. The van der Waals surface area contributed by atoms with Gasteiger partial charge in [0.2, 0.25) is 11.7 Å². The number of nitrogens with one attached hydrogen (secondary N) is 2. The zero-order valence-corrected chi connectivity index (χ0v) is 14.5. The number of nitrogens with zero attached hydrogens (tertiary/aromatic N) is 3. The third-order valence-corrected chi connectivity index (χ3v) is 3.02. The average molecular weight is 372 g/mol. The molecule has 0 aliphatic heterocycles. The predicted molar refractivity (Wildman–Crippen MR) is 89.6 cm³/mol. The second kappa shape index (κ2) is 7.56. The van der Waals surface area contributed by atoms with Gasteiger partial charge in [0.25, 0.3) is 0 Å². The molecule has 0 aliphatic rings. The molecule has 0 saturated heterocycles. The molecule has 2 aromatic rings. The van der Waals surface area contributed by atoms with Gasteiger partial charge in [-0.25, -0.2) is 15.0 Å². The number of ether oxygens (including phenoxy) is 1. The lowest BCUT2D eigenvalue weighted by Gasteiger charge is -2.15. The summed E-state index contributed by atoms with van der Waals surface area (Å²) in [5.41, 5.74) is 0.376. The SMILES string of the molecule is CCOc1cnc(NC(C)=O)cc1Nc1cc(Cl)nc(C(C)(F)F)n1. The molecule has 0 spiro atoms. The smallest absolute Gasteiger partial charge is 0.303 e. The molecule has 2 aromatic heterocycles. The van der Waals surface area contributed by atoms with Crippen molar-refractivity contribution in [3.05, 3.63) is 29.3 Å². The van der Waals surface area contributed by atoms with Crippen molar-refractivity contribution < 1.29 is 18.3 Å². The first-order valence-corrected chi connectivity index (χ1v) is 7.67. The van der Waals surface area contributed by atoms with Crippen LogP contribution in [0.1, 0.15) is 26.6 Å². The average Bonchev–Trinajstić information content (AvgIpc) is 2.48. The molecule has 0 bridgehead atoms. The summed E-state index contributed by atoms with van der Waals surface area (Å²) >= 11 is 5.80. The van der Waals surface area contributed by atoms with E-state index >= 15 is 0 Å². The van der Waals surface area contributed by atoms with Gasteiger partial charge in [0, 0.05) is 26.0 Å². The van der Waals surface area contributed by atoms with Crippen LogP contribution in [-0.4, -0.2) is 27.5 Å². The minimum Gasteiger partial charge on any atom is -0.490 e. The molecule has 2 rings (SSSR count). The van der Waals surface area contributed by atoms with Gasteiger partial charge in [0.05, 0.1) is 18.5 Å². The largest absolute Gasteiger partial charge is 0.490 e. The molecule has 10 heteroatoms. The van der Waals surface area contributed by atoms with Crippen LogP contribution in [-0.2, 0) is 10.7 Å². The van der Waals surface area contributed by atoms with Crippen molar-refractivity contribution in [2.45, 2.75) is 26.7 Å². The van der Waals surface area contributed by atoms with E-state index in [1.165, 1.54) is 25.3 Å². The van der Waals surface area contributed by atoms with Gasteiger partial charge in [-0.05, 0) is 6.92 Å². The molecule has 2 heterocycles. The number of amides is 1. The summed E-state index contributed by atoms with van der Waals surface area (Å²) in [4.78, 5) is 22.5. The molecule has 25 heavy (non-hydrogen) atoms. The normalized spacial score (nSPS) is 11.1. The van der Waals surface area contributed by atoms with E-state index in [2.05, 4.69) is 25.6 Å². The zero-order valence-electron chi connectivity index (χ0n) is 13.7. The van der Waals surface area contributed by atoms with E-state index < -0.39 is 11.7 Å². The third kappa shape index (κ3) is 5.21. The Labute approximate surface area is 147 Å². The Bertz CT molecular complexity index is 783. The second-order valence-electron chi connectivity index (χ2n) is 5.09. The minimum atomic E-state index is -3.25. The number of carbonyl (C=O) groups excluding carboxylic acids is 1. The van der Waals surface area contributed by atoms with Gasteiger partial charge in [-0.3, -0.25) is 4.79 Å². The van der Waals surface area contributed by atoms with Crippen LogP contribution >= 0.6 is 11.6 Å². The van der Waals surface area contributed by atoms with E-state index in [1.807, 2.05) is 0 Å². The zero-order chi connectivity index (χ0) is 18.6. The Morgan fingerprint density at radius 2 is 2.04 bits per heavy atom. The van der Waals surface area contributed by atoms with Crippen molar-refractivity contribution in [2.24, 2.45) is 0 Å². The maximum absolute atomic E-state index is 13.5. The first-order valence-electron chi connectivity index (χ1n) is 7.29. The van der Waals surface area contributed by atoms with Gasteiger partial charge in [-0.2, -0.15) is 8.78 Å². The van der Waals surface area contributed by atoms with Crippen molar-refractivity contribution >= 4 is 34.8 Å². The number of hydrogen-bond donors (Lipinski definition) is 2. The fraction of sp³-hybridized carbons (Fsp3) is 0.333. The molecule has 0 aromatic carbocycles. The van der Waals surface area contributed by atoms with Crippen LogP contribution < -0.4 is 15.4 Å². The highest BCUT2D eigenvalue weighted by Crippen LogP contribution is 2.31. The van der Waals surface area contributed by atoms with Gasteiger partial charge in [-0.1, -0.05) is 11.6 Å². The Morgan fingerprint density at radius 3 is 2.64 bits per heavy atom. The molecule has 0 aliphatic carbocycles. The Hall–Kier alpha value is -2.55. The number of alkyl halides is 2. The Balaban J connectivity index is 2.40. The monoisotopic (exact) mass is 371 g/mol. The fourth-order valence-corrected chi connectivity index (χ4v) is 2.06. The van der Waals surface area contributed by atoms with Gasteiger partial charge in [-0.15, -0.1) is 0 Å². The third-order valence-electron chi connectivity index (χ3n) is 2.82. The van der Waals surface area contributed by atoms with Crippen LogP contribution in [0.15, 0.2) is 18.3 Å². The van der Waals surface area contributed by atoms with Crippen LogP contribution in [0, 0.1) is 0 Å². The number of hydrogen-bond acceptors (Lipinski definition) is 6. The van der Waals surface area contributed by atoms with E-state index in [0.29, 0.717) is 25.0 Å². The molecule has 0 saturated carbocycles. The van der Waals surface area contributed by atoms with Crippen molar-refractivity contribution in [2.75, 3.05) is 17.2 Å². The molecule has 7 nitrogen and oxygen atoms in total. The molecule has 2 N–H and O–H groups in total. The maximum atomic E-state index is 13.5. The van der Waals surface area contributed by atoms with Crippen molar-refractivity contribution in [3.8, 4) is 5.75 Å². The van der Waals surface area contributed by atoms with Crippen LogP contribution in [0.4, 0.5) is 26.1 Å². The van der Waals surface area contributed by atoms with Crippen LogP contribution in [0.3, 0.4) is 0 Å². The molecule has 134 valence electrons. The second-order valence-corrected chi connectivity index (χ2v) is 5.48. The highest BCUT2D eigenvalue weighted by Gasteiger charge is 2.29. The number of halogens is 3. The highest BCUT2D eigenvalue weighted by molar-refractivity contribution is 6.29. The lowest BCUT2D eigenvalue weighted by atomic mass is 10.3. The van der Waals surface area contributed by atoms with Gasteiger partial charge in [0.15, 0.2) is 5.75 Å². The summed E-state index contributed by atoms with van der Waals surface area (Å²) in [5, 5.41) is 5.23. The molecular formula is C15H16ClF2N5O2. The standard InChI is InChI=1S/C15H16ClF2N5O2/c1-4-25-10-7-19-12(20-8(2)24)5-9(10)21-13-6-11(16)22-14(23-13)15(3,17)18/h5-7H,4H2,1-3H3,(H2,19,20,21,22,23,24). The van der Waals surface area contributed by atoms with E-state index in [9.17, 15) is 13.6 Å². The summed E-state index contributed by atoms with van der Waals surface area (Å²) < 4.78 is 32.4. The Morgan fingerprint density at radius 1 is 1.32 bits per heavy atom. The number of aromatic nitrogens is 3. The first kappa shape index (κ1) is 18.8. The van der Waals surface area contributed by atoms with Crippen LogP contribution in [0.25, 0.3) is 0 Å². The number of carbonyl (C=O) groups is 1. The molecular weight excluding hydrogens is 356 g/mol. The van der Waals surface area contributed by atoms with E-state index in [0.717, 1.165) is 0 Å². The fourth-order valence-electron chi connectivity index (χ4n) is 1.88. The summed E-state index contributed by atoms with van der Waals surface area (Å²) in [6.45, 7) is 4.15. The van der Waals surface area contributed by atoms with E-state index in [1.54, 1.807) is 6.92 Å². The van der Waals surface area contributed by atoms with Crippen molar-refractivity contribution in [3.63, 3.8) is 0 Å². The first-order chi connectivity index (χ1) is 11.7. The quantitative estimate of drug-likeness (QED) is 0.752. The summed E-state index contributed by atoms with van der Waals surface area (Å²) in [5.74, 6) is -3.59. The molecule has 0 fully saturated rings. The summed E-state index contributed by atoms with van der Waals surface area (Å²) in [7, 11) is 0.